The molecule has 114 valence electrons. The molecule has 0 radical (unpaired) electrons. The molecule has 0 aliphatic carbocycles. The molecule has 1 heterocycles. The van der Waals surface area contributed by atoms with E-state index in [0.717, 1.165) is 12.1 Å². The standard InChI is InChI=1S/C12H9F3N2O3.ClH/c13-12(14,15)7-5-6(1-2-8(7)18)9-3-4-10(20-9)11(16)17-19;/h1-5,18-19H,(H2,16,17);1H. The van der Waals surface area contributed by atoms with E-state index >= 15 is 0 Å². The smallest absolute Gasteiger partial charge is 0.419 e. The van der Waals surface area contributed by atoms with Gasteiger partial charge in [-0.3, -0.25) is 0 Å². The van der Waals surface area contributed by atoms with Crippen molar-refractivity contribution in [1.82, 2.24) is 0 Å². The van der Waals surface area contributed by atoms with E-state index in [4.69, 9.17) is 15.4 Å². The van der Waals surface area contributed by atoms with Gasteiger partial charge in [0.2, 0.25) is 5.84 Å². The molecule has 0 saturated heterocycles. The van der Waals surface area contributed by atoms with Gasteiger partial charge in [0.05, 0.1) is 5.56 Å². The van der Waals surface area contributed by atoms with Crippen LogP contribution >= 0.6 is 12.4 Å². The van der Waals surface area contributed by atoms with Crippen molar-refractivity contribution in [2.75, 3.05) is 0 Å². The first-order valence-electron chi connectivity index (χ1n) is 5.31. The number of aromatic hydroxyl groups is 1. The molecule has 0 aliphatic rings. The minimum atomic E-state index is -4.68. The first kappa shape index (κ1) is 16.7. The number of phenolic OH excluding ortho intramolecular Hbond substituents is 1. The van der Waals surface area contributed by atoms with Crippen LogP contribution in [0.15, 0.2) is 39.9 Å². The van der Waals surface area contributed by atoms with Gasteiger partial charge in [0.15, 0.2) is 5.76 Å². The van der Waals surface area contributed by atoms with E-state index in [1.54, 1.807) is 0 Å². The molecule has 9 heteroatoms. The Bertz CT molecular complexity index is 668. The Kier molecular flexibility index (Phi) is 4.74. The van der Waals surface area contributed by atoms with E-state index in [2.05, 4.69) is 5.16 Å². The van der Waals surface area contributed by atoms with Gasteiger partial charge >= 0.3 is 6.18 Å². The van der Waals surface area contributed by atoms with Crippen LogP contribution in [-0.2, 0) is 6.18 Å². The van der Waals surface area contributed by atoms with Crippen LogP contribution in [0.3, 0.4) is 0 Å². The van der Waals surface area contributed by atoms with Crippen LogP contribution in [0.1, 0.15) is 11.3 Å². The number of phenols is 1. The Balaban J connectivity index is 0.00000220. The zero-order valence-electron chi connectivity index (χ0n) is 10.3. The lowest BCUT2D eigenvalue weighted by molar-refractivity contribution is -0.138. The van der Waals surface area contributed by atoms with E-state index in [1.807, 2.05) is 0 Å². The normalized spacial score (nSPS) is 12.0. The maximum atomic E-state index is 12.7. The van der Waals surface area contributed by atoms with Crippen LogP contribution in [0.2, 0.25) is 0 Å². The second kappa shape index (κ2) is 5.96. The summed E-state index contributed by atoms with van der Waals surface area (Å²) in [6, 6.07) is 5.66. The lowest BCUT2D eigenvalue weighted by Gasteiger charge is -2.09. The molecule has 4 N–H and O–H groups in total. The topological polar surface area (TPSA) is 92.0 Å². The third-order valence-corrected chi connectivity index (χ3v) is 2.55. The Morgan fingerprint density at radius 3 is 2.43 bits per heavy atom. The Morgan fingerprint density at radius 1 is 1.19 bits per heavy atom. The van der Waals surface area contributed by atoms with Crippen LogP contribution in [0.4, 0.5) is 13.2 Å². The molecule has 0 saturated carbocycles. The van der Waals surface area contributed by atoms with Gasteiger partial charge in [-0.1, -0.05) is 5.16 Å². The zero-order valence-corrected chi connectivity index (χ0v) is 11.1. The SMILES string of the molecule is Cl.NC(=NO)c1ccc(-c2ccc(O)c(C(F)(F)F)c2)o1. The number of nitrogens with zero attached hydrogens (tertiary/aromatic N) is 1. The van der Waals surface area contributed by atoms with Gasteiger partial charge in [0.1, 0.15) is 11.5 Å². The minimum absolute atomic E-state index is 0. The number of halogens is 4. The average molecular weight is 323 g/mol. The van der Waals surface area contributed by atoms with Gasteiger partial charge in [-0.15, -0.1) is 12.4 Å². The maximum Gasteiger partial charge on any atom is 0.419 e. The van der Waals surface area contributed by atoms with Crippen LogP contribution in [0.25, 0.3) is 11.3 Å². The Morgan fingerprint density at radius 2 is 1.86 bits per heavy atom. The number of hydrogen-bond acceptors (Lipinski definition) is 4. The minimum Gasteiger partial charge on any atom is -0.507 e. The second-order valence-electron chi connectivity index (χ2n) is 3.88. The molecular formula is C12H10ClF3N2O3. The second-order valence-corrected chi connectivity index (χ2v) is 3.88. The highest BCUT2D eigenvalue weighted by molar-refractivity contribution is 5.94. The van der Waals surface area contributed by atoms with Gasteiger partial charge in [-0.2, -0.15) is 13.2 Å². The van der Waals surface area contributed by atoms with Crippen molar-refractivity contribution in [2.24, 2.45) is 10.9 Å². The molecule has 2 aromatic rings. The molecular weight excluding hydrogens is 313 g/mol. The molecule has 21 heavy (non-hydrogen) atoms. The molecule has 1 aromatic heterocycles. The van der Waals surface area contributed by atoms with E-state index < -0.39 is 17.5 Å². The summed E-state index contributed by atoms with van der Waals surface area (Å²) in [7, 11) is 0. The fourth-order valence-electron chi connectivity index (χ4n) is 1.60. The third-order valence-electron chi connectivity index (χ3n) is 2.55. The summed E-state index contributed by atoms with van der Waals surface area (Å²) in [6.07, 6.45) is -4.68. The highest BCUT2D eigenvalue weighted by atomic mass is 35.5. The molecule has 2 rings (SSSR count). The van der Waals surface area contributed by atoms with E-state index in [9.17, 15) is 18.3 Å². The summed E-state index contributed by atoms with van der Waals surface area (Å²) in [5, 5.41) is 20.4. The number of oxime groups is 1. The van der Waals surface area contributed by atoms with Gasteiger partial charge in [0.25, 0.3) is 0 Å². The van der Waals surface area contributed by atoms with Crippen LogP contribution in [-0.4, -0.2) is 16.1 Å². The monoisotopic (exact) mass is 322 g/mol. The Hall–Kier alpha value is -2.35. The largest absolute Gasteiger partial charge is 0.507 e. The number of nitrogens with two attached hydrogens (primary N) is 1. The summed E-state index contributed by atoms with van der Waals surface area (Å²) in [4.78, 5) is 0. The van der Waals surface area contributed by atoms with E-state index in [1.165, 1.54) is 18.2 Å². The molecule has 5 nitrogen and oxygen atoms in total. The number of benzene rings is 1. The van der Waals surface area contributed by atoms with Crippen molar-refractivity contribution < 1.29 is 27.9 Å². The first-order chi connectivity index (χ1) is 9.32. The van der Waals surface area contributed by atoms with Gasteiger partial charge in [-0.05, 0) is 30.3 Å². The predicted octanol–water partition coefficient (Wildman–Crippen LogP) is 3.19. The maximum absolute atomic E-state index is 12.7. The van der Waals surface area contributed by atoms with Crippen molar-refractivity contribution in [3.8, 4) is 17.1 Å². The summed E-state index contributed by atoms with van der Waals surface area (Å²) in [6.45, 7) is 0. The fraction of sp³-hybridized carbons (Fsp3) is 0.0833. The van der Waals surface area contributed by atoms with Gasteiger partial charge in [-0.25, -0.2) is 0 Å². The van der Waals surface area contributed by atoms with E-state index in [0.29, 0.717) is 0 Å². The molecule has 0 spiro atoms. The first-order valence-corrected chi connectivity index (χ1v) is 5.31. The quantitative estimate of drug-likeness (QED) is 0.343. The third kappa shape index (κ3) is 3.40. The van der Waals surface area contributed by atoms with Crippen molar-refractivity contribution in [3.05, 3.63) is 41.7 Å². The molecule has 0 unspecified atom stereocenters. The number of alkyl halides is 3. The van der Waals surface area contributed by atoms with Gasteiger partial charge < -0.3 is 20.5 Å². The van der Waals surface area contributed by atoms with Gasteiger partial charge in [0, 0.05) is 5.56 Å². The van der Waals surface area contributed by atoms with E-state index in [-0.39, 0.29) is 35.3 Å². The fourth-order valence-corrected chi connectivity index (χ4v) is 1.60. The van der Waals surface area contributed by atoms with Crippen LogP contribution < -0.4 is 5.73 Å². The summed E-state index contributed by atoms with van der Waals surface area (Å²) in [5.41, 5.74) is 4.23. The van der Waals surface area contributed by atoms with Crippen molar-refractivity contribution in [1.29, 1.82) is 0 Å². The Labute approximate surface area is 122 Å². The number of amidine groups is 1. The number of furan rings is 1. The van der Waals surface area contributed by atoms with Crippen molar-refractivity contribution in [3.63, 3.8) is 0 Å². The molecule has 0 fully saturated rings. The summed E-state index contributed by atoms with van der Waals surface area (Å²) in [5.74, 6) is -1.06. The highest BCUT2D eigenvalue weighted by Crippen LogP contribution is 2.38. The van der Waals surface area contributed by atoms with Crippen LogP contribution in [0, 0.1) is 0 Å². The van der Waals surface area contributed by atoms with Crippen molar-refractivity contribution in [2.45, 2.75) is 6.18 Å². The summed E-state index contributed by atoms with van der Waals surface area (Å²) >= 11 is 0. The van der Waals surface area contributed by atoms with Crippen molar-refractivity contribution >= 4 is 18.2 Å². The zero-order chi connectivity index (χ0) is 14.9. The van der Waals surface area contributed by atoms with Crippen LogP contribution in [0.5, 0.6) is 5.75 Å². The molecule has 0 amide bonds. The molecule has 0 bridgehead atoms. The predicted molar refractivity (Wildman–Crippen MR) is 70.6 cm³/mol. The number of hydrogen-bond donors (Lipinski definition) is 3. The lowest BCUT2D eigenvalue weighted by Crippen LogP contribution is -2.11. The molecule has 1 aromatic carbocycles. The highest BCUT2D eigenvalue weighted by Gasteiger charge is 2.34. The average Bonchev–Trinajstić information content (AvgIpc) is 2.86. The molecule has 0 aliphatic heterocycles. The molecule has 0 atom stereocenters. The summed E-state index contributed by atoms with van der Waals surface area (Å²) < 4.78 is 43.2. The number of rotatable bonds is 2. The lowest BCUT2D eigenvalue weighted by atomic mass is 10.1.